The zero-order chi connectivity index (χ0) is 41.0. The van der Waals surface area contributed by atoms with Crippen LogP contribution in [0.15, 0.2) is 212 Å². The van der Waals surface area contributed by atoms with Crippen molar-refractivity contribution < 1.29 is 0 Å². The van der Waals surface area contributed by atoms with Gasteiger partial charge in [-0.25, -0.2) is 9.97 Å². The molecule has 1 atom stereocenters. The van der Waals surface area contributed by atoms with Crippen molar-refractivity contribution in [3.8, 4) is 56.9 Å². The van der Waals surface area contributed by atoms with Crippen molar-refractivity contribution >= 4 is 43.6 Å². The molecule has 0 saturated heterocycles. The molecule has 11 aromatic rings. The highest BCUT2D eigenvalue weighted by Crippen LogP contribution is 2.43. The Morgan fingerprint density at radius 1 is 0.403 bits per heavy atom. The monoisotopic (exact) mass is 794 g/mol. The van der Waals surface area contributed by atoms with Gasteiger partial charge >= 0.3 is 0 Å². The maximum absolute atomic E-state index is 5.47. The first-order valence-electron chi connectivity index (χ1n) is 21.1. The topological polar surface area (TPSA) is 61.4 Å². The van der Waals surface area contributed by atoms with E-state index in [0.29, 0.717) is 17.6 Å². The summed E-state index contributed by atoms with van der Waals surface area (Å²) in [7, 11) is 0. The minimum Gasteiger partial charge on any atom is -0.306 e. The van der Waals surface area contributed by atoms with Gasteiger partial charge in [-0.05, 0) is 42.3 Å². The predicted molar refractivity (Wildman–Crippen MR) is 254 cm³/mol. The summed E-state index contributed by atoms with van der Waals surface area (Å²) in [6.07, 6.45) is 9.67. The number of allylic oxidation sites excluding steroid dienone is 4. The van der Waals surface area contributed by atoms with Crippen LogP contribution in [-0.4, -0.2) is 29.1 Å². The lowest BCUT2D eigenvalue weighted by Gasteiger charge is -2.18. The summed E-state index contributed by atoms with van der Waals surface area (Å²) in [6.45, 7) is 0. The molecule has 0 N–H and O–H groups in total. The minimum absolute atomic E-state index is 0.211. The minimum atomic E-state index is 0.211. The number of hydrogen-bond donors (Lipinski definition) is 0. The molecule has 0 spiro atoms. The number of para-hydroxylation sites is 3. The summed E-state index contributed by atoms with van der Waals surface area (Å²) >= 11 is 0. The Morgan fingerprint density at radius 3 is 1.74 bits per heavy atom. The van der Waals surface area contributed by atoms with Crippen LogP contribution in [0.25, 0.3) is 101 Å². The van der Waals surface area contributed by atoms with Gasteiger partial charge < -0.3 is 4.57 Å². The van der Waals surface area contributed by atoms with E-state index in [4.69, 9.17) is 19.9 Å². The molecule has 4 heterocycles. The van der Waals surface area contributed by atoms with Crippen molar-refractivity contribution in [2.45, 2.75) is 12.3 Å². The highest BCUT2D eigenvalue weighted by atomic mass is 15.2. The summed E-state index contributed by atoms with van der Waals surface area (Å²) in [5, 5.41) is 4.53. The Balaban J connectivity index is 1.18. The van der Waals surface area contributed by atoms with E-state index in [1.54, 1.807) is 0 Å². The highest BCUT2D eigenvalue weighted by molar-refractivity contribution is 6.24. The molecule has 0 fully saturated rings. The fraction of sp³-hybridized carbons (Fsp3) is 0.0357. The third kappa shape index (κ3) is 5.87. The third-order valence-corrected chi connectivity index (χ3v) is 12.1. The van der Waals surface area contributed by atoms with Crippen LogP contribution in [0.1, 0.15) is 17.9 Å². The molecule has 4 aromatic heterocycles. The Kier molecular flexibility index (Phi) is 8.52. The van der Waals surface area contributed by atoms with Crippen molar-refractivity contribution in [1.82, 2.24) is 29.1 Å². The van der Waals surface area contributed by atoms with Crippen molar-refractivity contribution in [3.05, 3.63) is 218 Å². The SMILES string of the molecule is C1=CCC(c2ccccc2-c2nc(-c3ccccc3)nc(-n3c4ccccc4c4ccc5c6ccccc6n(-c6ccccc6-c6cccc(-c7ccccc7)n6)c5c43)n2)C=C1. The first kappa shape index (κ1) is 35.7. The maximum Gasteiger partial charge on any atom is 0.238 e. The quantitative estimate of drug-likeness (QED) is 0.161. The lowest BCUT2D eigenvalue weighted by atomic mass is 9.89. The van der Waals surface area contributed by atoms with E-state index in [9.17, 15) is 0 Å². The normalized spacial score (nSPS) is 13.8. The van der Waals surface area contributed by atoms with Crippen molar-refractivity contribution in [2.75, 3.05) is 0 Å². The zero-order valence-electron chi connectivity index (χ0n) is 33.7. The van der Waals surface area contributed by atoms with Crippen LogP contribution in [0.5, 0.6) is 0 Å². The Labute approximate surface area is 358 Å². The third-order valence-electron chi connectivity index (χ3n) is 12.1. The molecule has 1 unspecified atom stereocenters. The molecule has 0 bridgehead atoms. The van der Waals surface area contributed by atoms with E-state index < -0.39 is 0 Å². The molecule has 62 heavy (non-hydrogen) atoms. The number of aromatic nitrogens is 6. The average Bonchev–Trinajstić information content (AvgIpc) is 3.88. The summed E-state index contributed by atoms with van der Waals surface area (Å²) in [6, 6.07) is 65.9. The molecule has 0 radical (unpaired) electrons. The lowest BCUT2D eigenvalue weighted by Crippen LogP contribution is -2.08. The molecule has 292 valence electrons. The molecule has 6 nitrogen and oxygen atoms in total. The van der Waals surface area contributed by atoms with Gasteiger partial charge in [-0.3, -0.25) is 4.57 Å². The molecule has 7 aromatic carbocycles. The molecule has 12 rings (SSSR count). The summed E-state index contributed by atoms with van der Waals surface area (Å²) in [5.74, 6) is 2.03. The van der Waals surface area contributed by atoms with Gasteiger partial charge in [0.2, 0.25) is 5.95 Å². The van der Waals surface area contributed by atoms with E-state index in [2.05, 4.69) is 197 Å². The van der Waals surface area contributed by atoms with Crippen molar-refractivity contribution in [3.63, 3.8) is 0 Å². The number of rotatable bonds is 7. The lowest BCUT2D eigenvalue weighted by molar-refractivity contribution is 0.851. The van der Waals surface area contributed by atoms with Gasteiger partial charge in [0.05, 0.1) is 39.1 Å². The number of pyridine rings is 1. The molecule has 0 amide bonds. The van der Waals surface area contributed by atoms with Crippen LogP contribution in [0.4, 0.5) is 0 Å². The van der Waals surface area contributed by atoms with Gasteiger partial charge in [0.15, 0.2) is 11.6 Å². The smallest absolute Gasteiger partial charge is 0.238 e. The second kappa shape index (κ2) is 14.8. The number of hydrogen-bond acceptors (Lipinski definition) is 4. The van der Waals surface area contributed by atoms with Gasteiger partial charge in [-0.2, -0.15) is 9.97 Å². The van der Waals surface area contributed by atoms with E-state index in [1.807, 2.05) is 24.3 Å². The van der Waals surface area contributed by atoms with Crippen molar-refractivity contribution in [1.29, 1.82) is 0 Å². The number of nitrogens with zero attached hydrogens (tertiary/aromatic N) is 6. The van der Waals surface area contributed by atoms with Gasteiger partial charge in [0, 0.05) is 49.7 Å². The van der Waals surface area contributed by atoms with Crippen LogP contribution < -0.4 is 0 Å². The number of fused-ring (bicyclic) bond motifs is 7. The zero-order valence-corrected chi connectivity index (χ0v) is 33.7. The van der Waals surface area contributed by atoms with Gasteiger partial charge in [-0.1, -0.05) is 182 Å². The van der Waals surface area contributed by atoms with E-state index in [1.165, 1.54) is 5.56 Å². The first-order chi connectivity index (χ1) is 30.8. The van der Waals surface area contributed by atoms with Crippen LogP contribution >= 0.6 is 0 Å². The second-order valence-electron chi connectivity index (χ2n) is 15.7. The highest BCUT2D eigenvalue weighted by Gasteiger charge is 2.25. The van der Waals surface area contributed by atoms with Crippen LogP contribution in [0, 0.1) is 0 Å². The Bertz CT molecular complexity index is 3560. The molecule has 1 aliphatic carbocycles. The Hall–Kier alpha value is -8.22. The molecule has 1 aliphatic rings. The van der Waals surface area contributed by atoms with Crippen LogP contribution in [-0.2, 0) is 0 Å². The Morgan fingerprint density at radius 2 is 1.00 bits per heavy atom. The van der Waals surface area contributed by atoms with E-state index in [-0.39, 0.29) is 5.92 Å². The van der Waals surface area contributed by atoms with E-state index in [0.717, 1.165) is 89.4 Å². The van der Waals surface area contributed by atoms with E-state index >= 15 is 0 Å². The molecular weight excluding hydrogens is 757 g/mol. The number of benzene rings is 7. The summed E-state index contributed by atoms with van der Waals surface area (Å²) in [4.78, 5) is 21.4. The molecule has 0 saturated carbocycles. The predicted octanol–water partition coefficient (Wildman–Crippen LogP) is 13.7. The fourth-order valence-electron chi connectivity index (χ4n) is 9.34. The maximum atomic E-state index is 5.47. The van der Waals surface area contributed by atoms with Gasteiger partial charge in [0.1, 0.15) is 0 Å². The fourth-order valence-corrected chi connectivity index (χ4v) is 9.34. The van der Waals surface area contributed by atoms with Crippen LogP contribution in [0.2, 0.25) is 0 Å². The second-order valence-corrected chi connectivity index (χ2v) is 15.7. The molecule has 6 heteroatoms. The molecule has 0 aliphatic heterocycles. The average molecular weight is 795 g/mol. The van der Waals surface area contributed by atoms with Gasteiger partial charge in [0.25, 0.3) is 0 Å². The first-order valence-corrected chi connectivity index (χ1v) is 21.1. The summed E-state index contributed by atoms with van der Waals surface area (Å²) in [5.41, 5.74) is 12.3. The molecular formula is C56H38N6. The summed E-state index contributed by atoms with van der Waals surface area (Å²) < 4.78 is 4.69. The largest absolute Gasteiger partial charge is 0.306 e. The standard InChI is InChI=1S/C56H38N6/c1-4-19-37(20-5-1)40-25-10-11-28-45(40)55-58-54(39-23-8-3-9-24-39)59-56(60-55)62-50-33-16-13-27-42(50)44-36-35-43-41-26-12-15-32-49(41)61(52(43)53(44)62)51-34-17-14-29-46(51)48-31-18-30-47(57-48)38-21-6-2-7-22-38/h1-19,21-37H,20H2. The van der Waals surface area contributed by atoms with Crippen molar-refractivity contribution in [2.24, 2.45) is 0 Å². The van der Waals surface area contributed by atoms with Gasteiger partial charge in [-0.15, -0.1) is 0 Å². The van der Waals surface area contributed by atoms with Crippen LogP contribution in [0.3, 0.4) is 0 Å².